The Morgan fingerprint density at radius 3 is 2.88 bits per heavy atom. The Morgan fingerprint density at radius 1 is 1.38 bits per heavy atom. The Bertz CT molecular complexity index is 861. The largest absolute Gasteiger partial charge is 0.357 e. The quantitative estimate of drug-likeness (QED) is 0.516. The second-order valence-electron chi connectivity index (χ2n) is 6.30. The Morgan fingerprint density at radius 2 is 2.19 bits per heavy atom. The van der Waals surface area contributed by atoms with E-state index in [0.717, 1.165) is 53.0 Å². The number of rotatable bonds is 6. The number of para-hydroxylation sites is 2. The lowest BCUT2D eigenvalue weighted by atomic mass is 10.3. The highest BCUT2D eigenvalue weighted by Gasteiger charge is 2.10. The van der Waals surface area contributed by atoms with E-state index in [1.54, 1.807) is 0 Å². The number of guanidine groups is 1. The number of benzene rings is 1. The number of nitrogens with zero attached hydrogens (tertiary/aromatic N) is 4. The average Bonchev–Trinajstić information content (AvgIpc) is 3.16. The fourth-order valence-corrected chi connectivity index (χ4v) is 3.17. The molecule has 3 rings (SSSR count). The molecule has 0 spiro atoms. The summed E-state index contributed by atoms with van der Waals surface area (Å²) in [6.45, 7) is 4.30. The van der Waals surface area contributed by atoms with Crippen molar-refractivity contribution < 1.29 is 0 Å². The lowest BCUT2D eigenvalue weighted by molar-refractivity contribution is 0.462. The number of hydrogen-bond donors (Lipinski definition) is 2. The first-order valence-electron chi connectivity index (χ1n) is 8.80. The number of hydrogen-bond acceptors (Lipinski definition) is 2. The molecule has 0 saturated heterocycles. The number of nitrogens with one attached hydrogen (secondary N) is 2. The van der Waals surface area contributed by atoms with Gasteiger partial charge in [0.15, 0.2) is 5.96 Å². The summed E-state index contributed by atoms with van der Waals surface area (Å²) in [5.41, 5.74) is 3.20. The van der Waals surface area contributed by atoms with E-state index in [1.165, 1.54) is 0 Å². The minimum Gasteiger partial charge on any atom is -0.357 e. The second kappa shape index (κ2) is 8.27. The van der Waals surface area contributed by atoms with Gasteiger partial charge in [0.1, 0.15) is 5.82 Å². The highest BCUT2D eigenvalue weighted by molar-refractivity contribution is 6.30. The summed E-state index contributed by atoms with van der Waals surface area (Å²) >= 11 is 6.08. The van der Waals surface area contributed by atoms with Gasteiger partial charge in [-0.3, -0.25) is 4.99 Å². The van der Waals surface area contributed by atoms with E-state index in [4.69, 9.17) is 16.6 Å². The number of aliphatic imine (C=N–C) groups is 1. The highest BCUT2D eigenvalue weighted by atomic mass is 35.5. The number of H-pyrrole nitrogens is 1. The van der Waals surface area contributed by atoms with Gasteiger partial charge in [-0.2, -0.15) is 0 Å². The van der Waals surface area contributed by atoms with Crippen LogP contribution < -0.4 is 5.32 Å². The van der Waals surface area contributed by atoms with Crippen LogP contribution in [0, 0.1) is 0 Å². The van der Waals surface area contributed by atoms with Crippen LogP contribution in [-0.2, 0) is 20.0 Å². The van der Waals surface area contributed by atoms with Crippen LogP contribution in [0.1, 0.15) is 18.4 Å². The molecule has 0 fully saturated rings. The number of fused-ring (bicyclic) bond motifs is 1. The van der Waals surface area contributed by atoms with Gasteiger partial charge in [0.2, 0.25) is 0 Å². The molecule has 0 saturated carbocycles. The highest BCUT2D eigenvalue weighted by Crippen LogP contribution is 2.14. The minimum atomic E-state index is 0.667. The van der Waals surface area contributed by atoms with Gasteiger partial charge in [0.25, 0.3) is 0 Å². The number of imidazole rings is 1. The summed E-state index contributed by atoms with van der Waals surface area (Å²) in [5.74, 6) is 1.84. The van der Waals surface area contributed by atoms with E-state index in [9.17, 15) is 0 Å². The average molecular weight is 373 g/mol. The van der Waals surface area contributed by atoms with E-state index < -0.39 is 0 Å². The maximum atomic E-state index is 6.08. The number of aromatic amines is 1. The summed E-state index contributed by atoms with van der Waals surface area (Å²) in [7, 11) is 4.03. The molecule has 3 aromatic rings. The van der Waals surface area contributed by atoms with Gasteiger partial charge in [-0.15, -0.1) is 0 Å². The fraction of sp³-hybridized carbons (Fsp3) is 0.368. The minimum absolute atomic E-state index is 0.667. The van der Waals surface area contributed by atoms with Crippen molar-refractivity contribution in [1.82, 2.24) is 24.8 Å². The molecule has 2 heterocycles. The van der Waals surface area contributed by atoms with Gasteiger partial charge >= 0.3 is 0 Å². The molecular weight excluding hydrogens is 348 g/mol. The van der Waals surface area contributed by atoms with Crippen molar-refractivity contribution in [1.29, 1.82) is 0 Å². The van der Waals surface area contributed by atoms with Gasteiger partial charge in [-0.1, -0.05) is 23.7 Å². The Balaban J connectivity index is 1.65. The lowest BCUT2D eigenvalue weighted by Gasteiger charge is -2.22. The van der Waals surface area contributed by atoms with E-state index in [1.807, 2.05) is 55.2 Å². The first kappa shape index (κ1) is 18.3. The zero-order valence-corrected chi connectivity index (χ0v) is 16.2. The van der Waals surface area contributed by atoms with Crippen LogP contribution in [-0.4, -0.2) is 45.5 Å². The van der Waals surface area contributed by atoms with Crippen molar-refractivity contribution >= 4 is 28.6 Å². The molecule has 0 bridgehead atoms. The van der Waals surface area contributed by atoms with Crippen LogP contribution in [0.5, 0.6) is 0 Å². The summed E-state index contributed by atoms with van der Waals surface area (Å²) in [6, 6.07) is 10.0. The molecule has 0 aliphatic carbocycles. The normalized spacial score (nSPS) is 11.9. The second-order valence-corrected chi connectivity index (χ2v) is 6.74. The molecule has 0 radical (unpaired) electrons. The van der Waals surface area contributed by atoms with Crippen LogP contribution in [0.25, 0.3) is 11.0 Å². The molecule has 2 aromatic heterocycles. The maximum absolute atomic E-state index is 6.08. The van der Waals surface area contributed by atoms with Gasteiger partial charge in [-0.05, 0) is 25.1 Å². The van der Waals surface area contributed by atoms with Gasteiger partial charge < -0.3 is 19.8 Å². The van der Waals surface area contributed by atoms with Crippen molar-refractivity contribution in [3.8, 4) is 0 Å². The summed E-state index contributed by atoms with van der Waals surface area (Å²) in [4.78, 5) is 14.8. The third-order valence-corrected chi connectivity index (χ3v) is 4.43. The maximum Gasteiger partial charge on any atom is 0.194 e. The molecule has 6 nitrogen and oxygen atoms in total. The van der Waals surface area contributed by atoms with Crippen molar-refractivity contribution in [2.75, 3.05) is 20.1 Å². The number of aromatic nitrogens is 3. The van der Waals surface area contributed by atoms with E-state index in [0.29, 0.717) is 6.54 Å². The van der Waals surface area contributed by atoms with Crippen molar-refractivity contribution in [2.24, 2.45) is 12.0 Å². The molecule has 0 aliphatic heterocycles. The number of aryl methyl sites for hydroxylation is 1. The predicted octanol–water partition coefficient (Wildman–Crippen LogP) is 3.19. The van der Waals surface area contributed by atoms with Crippen LogP contribution in [0.15, 0.2) is 41.5 Å². The smallest absolute Gasteiger partial charge is 0.194 e. The van der Waals surface area contributed by atoms with Crippen LogP contribution >= 0.6 is 11.6 Å². The summed E-state index contributed by atoms with van der Waals surface area (Å²) < 4.78 is 2.04. The van der Waals surface area contributed by atoms with Crippen molar-refractivity contribution in [2.45, 2.75) is 19.9 Å². The first-order valence-corrected chi connectivity index (χ1v) is 9.18. The molecule has 26 heavy (non-hydrogen) atoms. The van der Waals surface area contributed by atoms with Crippen molar-refractivity contribution in [3.05, 3.63) is 53.1 Å². The van der Waals surface area contributed by atoms with Crippen molar-refractivity contribution in [3.63, 3.8) is 0 Å². The third kappa shape index (κ3) is 4.38. The first-order chi connectivity index (χ1) is 12.6. The SMILES string of the molecule is CCNC(=NCCc1nc2ccccc2[nH]1)N(C)Cc1cc(Cl)cn1C. The van der Waals surface area contributed by atoms with Gasteiger partial charge in [0.05, 0.1) is 22.6 Å². The van der Waals surface area contributed by atoms with Crippen LogP contribution in [0.3, 0.4) is 0 Å². The van der Waals surface area contributed by atoms with E-state index in [2.05, 4.69) is 27.1 Å². The summed E-state index contributed by atoms with van der Waals surface area (Å²) in [5, 5.41) is 4.10. The Hall–Kier alpha value is -2.47. The lowest BCUT2D eigenvalue weighted by Crippen LogP contribution is -2.39. The predicted molar refractivity (Wildman–Crippen MR) is 108 cm³/mol. The fourth-order valence-electron chi connectivity index (χ4n) is 2.90. The van der Waals surface area contributed by atoms with E-state index in [-0.39, 0.29) is 0 Å². The Labute approximate surface area is 158 Å². The van der Waals surface area contributed by atoms with Gasteiger partial charge in [0, 0.05) is 45.5 Å². The summed E-state index contributed by atoms with van der Waals surface area (Å²) in [6.07, 6.45) is 2.68. The van der Waals surface area contributed by atoms with E-state index >= 15 is 0 Å². The zero-order chi connectivity index (χ0) is 18.5. The molecular formula is C19H25ClN6. The standard InChI is InChI=1S/C19H25ClN6/c1-4-21-19(26(3)13-15-11-14(20)12-25(15)2)22-10-9-18-23-16-7-5-6-8-17(16)24-18/h5-8,11-12H,4,9-10,13H2,1-3H3,(H,21,22)(H,23,24). The number of halogens is 1. The Kier molecular flexibility index (Phi) is 5.83. The monoisotopic (exact) mass is 372 g/mol. The topological polar surface area (TPSA) is 61.2 Å². The van der Waals surface area contributed by atoms with Crippen LogP contribution in [0.4, 0.5) is 0 Å². The molecule has 2 N–H and O–H groups in total. The molecule has 0 unspecified atom stereocenters. The van der Waals surface area contributed by atoms with Gasteiger partial charge in [-0.25, -0.2) is 4.98 Å². The third-order valence-electron chi connectivity index (χ3n) is 4.22. The molecule has 0 atom stereocenters. The molecule has 7 heteroatoms. The molecule has 138 valence electrons. The van der Waals surface area contributed by atoms with Crippen LogP contribution in [0.2, 0.25) is 5.02 Å². The molecule has 0 aliphatic rings. The zero-order valence-electron chi connectivity index (χ0n) is 15.5. The molecule has 1 aromatic carbocycles. The molecule has 0 amide bonds.